The quantitative estimate of drug-likeness (QED) is 0.807. The van der Waals surface area contributed by atoms with Crippen LogP contribution in [0.15, 0.2) is 46.9 Å². The Kier molecular flexibility index (Phi) is 4.68. The summed E-state index contributed by atoms with van der Waals surface area (Å²) in [6.45, 7) is 7.35. The van der Waals surface area contributed by atoms with Crippen molar-refractivity contribution in [3.8, 4) is 0 Å². The van der Waals surface area contributed by atoms with Crippen molar-refractivity contribution in [2.45, 2.75) is 13.5 Å². The zero-order chi connectivity index (χ0) is 14.5. The molecule has 0 saturated carbocycles. The molecule has 4 heteroatoms. The van der Waals surface area contributed by atoms with Gasteiger partial charge >= 0.3 is 0 Å². The molecule has 0 spiro atoms. The maximum Gasteiger partial charge on any atom is 0.0645 e. The fourth-order valence-electron chi connectivity index (χ4n) is 2.50. The molecule has 0 aliphatic carbocycles. The van der Waals surface area contributed by atoms with Crippen molar-refractivity contribution in [1.82, 2.24) is 9.91 Å². The summed E-state index contributed by atoms with van der Waals surface area (Å²) in [5.41, 5.74) is 2.70. The third-order valence-electron chi connectivity index (χ3n) is 3.84. The van der Waals surface area contributed by atoms with E-state index >= 15 is 0 Å². The third kappa shape index (κ3) is 3.93. The number of aryl methyl sites for hydroxylation is 1. The normalized spacial score (nSPS) is 16.7. The number of benzene rings is 1. The summed E-state index contributed by atoms with van der Waals surface area (Å²) in [4.78, 5) is 3.76. The van der Waals surface area contributed by atoms with Crippen LogP contribution in [0.3, 0.4) is 0 Å². The first kappa shape index (κ1) is 14.3. The lowest BCUT2D eigenvalue weighted by Gasteiger charge is -2.33. The lowest BCUT2D eigenvalue weighted by molar-refractivity contribution is 0.131. The molecular formula is C17H21N3S. The van der Waals surface area contributed by atoms with Gasteiger partial charge in [0.1, 0.15) is 0 Å². The van der Waals surface area contributed by atoms with Gasteiger partial charge in [0, 0.05) is 37.6 Å². The van der Waals surface area contributed by atoms with E-state index < -0.39 is 0 Å². The number of hydrazone groups is 1. The Hall–Kier alpha value is -1.65. The molecule has 0 atom stereocenters. The van der Waals surface area contributed by atoms with E-state index in [1.165, 1.54) is 16.0 Å². The van der Waals surface area contributed by atoms with Crippen LogP contribution in [0.4, 0.5) is 0 Å². The third-order valence-corrected chi connectivity index (χ3v) is 4.79. The Morgan fingerprint density at radius 3 is 2.52 bits per heavy atom. The van der Waals surface area contributed by atoms with Crippen LogP contribution in [0, 0.1) is 6.92 Å². The van der Waals surface area contributed by atoms with Gasteiger partial charge in [0.15, 0.2) is 0 Å². The van der Waals surface area contributed by atoms with Crippen molar-refractivity contribution in [3.63, 3.8) is 0 Å². The number of piperazine rings is 1. The van der Waals surface area contributed by atoms with E-state index in [-0.39, 0.29) is 0 Å². The minimum atomic E-state index is 1.01. The zero-order valence-corrected chi connectivity index (χ0v) is 13.2. The second kappa shape index (κ2) is 6.87. The molecular weight excluding hydrogens is 278 g/mol. The van der Waals surface area contributed by atoms with E-state index in [0.29, 0.717) is 0 Å². The van der Waals surface area contributed by atoms with Crippen LogP contribution in [-0.4, -0.2) is 42.3 Å². The van der Waals surface area contributed by atoms with E-state index in [1.807, 2.05) is 6.21 Å². The van der Waals surface area contributed by atoms with Crippen LogP contribution in [-0.2, 0) is 6.54 Å². The first-order valence-corrected chi connectivity index (χ1v) is 8.28. The Balaban J connectivity index is 1.49. The maximum atomic E-state index is 4.62. The molecule has 0 amide bonds. The lowest BCUT2D eigenvalue weighted by atomic mass is 10.2. The van der Waals surface area contributed by atoms with Gasteiger partial charge in [-0.05, 0) is 29.5 Å². The Morgan fingerprint density at radius 1 is 1.10 bits per heavy atom. The van der Waals surface area contributed by atoms with Crippen LogP contribution in [0.1, 0.15) is 16.0 Å². The summed E-state index contributed by atoms with van der Waals surface area (Å²) < 4.78 is 0. The van der Waals surface area contributed by atoms with Crippen molar-refractivity contribution in [2.75, 3.05) is 26.2 Å². The largest absolute Gasteiger partial charge is 0.295 e. The number of thiophene rings is 1. The Morgan fingerprint density at radius 2 is 1.86 bits per heavy atom. The first-order chi connectivity index (χ1) is 10.3. The molecule has 0 bridgehead atoms. The SMILES string of the molecule is Cc1ccsc1/C=N\N1CCN(Cc2ccccc2)CC1. The fourth-order valence-corrected chi connectivity index (χ4v) is 3.28. The Bertz CT molecular complexity index is 583. The highest BCUT2D eigenvalue weighted by molar-refractivity contribution is 7.11. The number of nitrogens with zero attached hydrogens (tertiary/aromatic N) is 3. The molecule has 21 heavy (non-hydrogen) atoms. The minimum Gasteiger partial charge on any atom is -0.295 e. The molecule has 2 heterocycles. The fraction of sp³-hybridized carbons (Fsp3) is 0.353. The standard InChI is InChI=1S/C17H21N3S/c1-15-7-12-21-17(15)13-18-20-10-8-19(9-11-20)14-16-5-3-2-4-6-16/h2-7,12-13H,8-11,14H2,1H3/b18-13-. The van der Waals surface area contributed by atoms with E-state index in [2.05, 4.69) is 63.7 Å². The molecule has 1 aliphatic rings. The van der Waals surface area contributed by atoms with Crippen LogP contribution in [0.25, 0.3) is 0 Å². The highest BCUT2D eigenvalue weighted by atomic mass is 32.1. The molecule has 2 aromatic rings. The second-order valence-electron chi connectivity index (χ2n) is 5.43. The van der Waals surface area contributed by atoms with E-state index in [0.717, 1.165) is 32.7 Å². The van der Waals surface area contributed by atoms with Gasteiger partial charge in [-0.25, -0.2) is 0 Å². The van der Waals surface area contributed by atoms with Crippen molar-refractivity contribution in [2.24, 2.45) is 5.10 Å². The Labute approximate surface area is 130 Å². The van der Waals surface area contributed by atoms with Crippen LogP contribution in [0.5, 0.6) is 0 Å². The lowest BCUT2D eigenvalue weighted by Crippen LogP contribution is -2.43. The van der Waals surface area contributed by atoms with Crippen LogP contribution >= 0.6 is 11.3 Å². The molecule has 1 aliphatic heterocycles. The van der Waals surface area contributed by atoms with Gasteiger partial charge in [-0.1, -0.05) is 30.3 Å². The molecule has 1 saturated heterocycles. The summed E-state index contributed by atoms with van der Waals surface area (Å²) in [5, 5.41) is 8.92. The molecule has 3 rings (SSSR count). The van der Waals surface area contributed by atoms with Gasteiger partial charge < -0.3 is 0 Å². The average molecular weight is 299 g/mol. The van der Waals surface area contributed by atoms with E-state index in [1.54, 1.807) is 11.3 Å². The van der Waals surface area contributed by atoms with E-state index in [9.17, 15) is 0 Å². The van der Waals surface area contributed by atoms with Crippen molar-refractivity contribution in [3.05, 3.63) is 57.8 Å². The van der Waals surface area contributed by atoms with Crippen LogP contribution < -0.4 is 0 Å². The van der Waals surface area contributed by atoms with Gasteiger partial charge in [0.05, 0.1) is 6.21 Å². The predicted molar refractivity (Wildman–Crippen MR) is 89.9 cm³/mol. The van der Waals surface area contributed by atoms with Gasteiger partial charge in [0.25, 0.3) is 0 Å². The van der Waals surface area contributed by atoms with Gasteiger partial charge in [0.2, 0.25) is 0 Å². The van der Waals surface area contributed by atoms with Crippen LogP contribution in [0.2, 0.25) is 0 Å². The molecule has 3 nitrogen and oxygen atoms in total. The smallest absolute Gasteiger partial charge is 0.0645 e. The number of hydrogen-bond donors (Lipinski definition) is 0. The first-order valence-electron chi connectivity index (χ1n) is 7.40. The number of rotatable bonds is 4. The molecule has 0 radical (unpaired) electrons. The van der Waals surface area contributed by atoms with E-state index in [4.69, 9.17) is 0 Å². The summed E-state index contributed by atoms with van der Waals surface area (Å²) in [7, 11) is 0. The second-order valence-corrected chi connectivity index (χ2v) is 6.38. The molecule has 0 unspecified atom stereocenters. The average Bonchev–Trinajstić information content (AvgIpc) is 2.93. The monoisotopic (exact) mass is 299 g/mol. The summed E-state index contributed by atoms with van der Waals surface area (Å²) in [5.74, 6) is 0. The minimum absolute atomic E-state index is 1.01. The highest BCUT2D eigenvalue weighted by Gasteiger charge is 2.15. The molecule has 1 fully saturated rings. The summed E-state index contributed by atoms with van der Waals surface area (Å²) in [6, 6.07) is 12.8. The topological polar surface area (TPSA) is 18.8 Å². The summed E-state index contributed by atoms with van der Waals surface area (Å²) >= 11 is 1.75. The maximum absolute atomic E-state index is 4.62. The number of hydrogen-bond acceptors (Lipinski definition) is 4. The molecule has 1 aromatic heterocycles. The molecule has 110 valence electrons. The summed E-state index contributed by atoms with van der Waals surface area (Å²) in [6.07, 6.45) is 2.01. The predicted octanol–water partition coefficient (Wildman–Crippen LogP) is 3.21. The van der Waals surface area contributed by atoms with Crippen molar-refractivity contribution in [1.29, 1.82) is 0 Å². The zero-order valence-electron chi connectivity index (χ0n) is 12.4. The van der Waals surface area contributed by atoms with Gasteiger partial charge in [-0.2, -0.15) is 5.10 Å². The molecule has 1 aromatic carbocycles. The van der Waals surface area contributed by atoms with Gasteiger partial charge in [-0.3, -0.25) is 9.91 Å². The molecule has 0 N–H and O–H groups in total. The van der Waals surface area contributed by atoms with Crippen molar-refractivity contribution >= 4 is 17.6 Å². The van der Waals surface area contributed by atoms with Crippen molar-refractivity contribution < 1.29 is 0 Å². The van der Waals surface area contributed by atoms with Gasteiger partial charge in [-0.15, -0.1) is 11.3 Å². The highest BCUT2D eigenvalue weighted by Crippen LogP contribution is 2.13.